The molecule has 0 unspecified atom stereocenters. The zero-order valence-electron chi connectivity index (χ0n) is 10.5. The molecule has 19 heavy (non-hydrogen) atoms. The molecule has 2 aromatic rings. The van der Waals surface area contributed by atoms with Crippen LogP contribution in [-0.2, 0) is 0 Å². The molecule has 1 amide bonds. The highest BCUT2D eigenvalue weighted by Gasteiger charge is 2.16. The first-order chi connectivity index (χ1) is 8.99. The van der Waals surface area contributed by atoms with Crippen molar-refractivity contribution in [2.24, 2.45) is 0 Å². The minimum atomic E-state index is -0.268. The van der Waals surface area contributed by atoms with Gasteiger partial charge in [-0.05, 0) is 26.0 Å². The van der Waals surface area contributed by atoms with E-state index in [1.807, 2.05) is 18.4 Å². The van der Waals surface area contributed by atoms with E-state index in [1.165, 1.54) is 6.20 Å². The van der Waals surface area contributed by atoms with E-state index in [9.17, 15) is 4.79 Å². The van der Waals surface area contributed by atoms with Gasteiger partial charge in [0.2, 0.25) is 0 Å². The number of rotatable bonds is 3. The number of halogens is 2. The van der Waals surface area contributed by atoms with Crippen LogP contribution in [0.3, 0.4) is 0 Å². The number of pyridine rings is 1. The van der Waals surface area contributed by atoms with E-state index in [1.54, 1.807) is 24.5 Å². The van der Waals surface area contributed by atoms with Crippen molar-refractivity contribution in [3.05, 3.63) is 46.5 Å². The molecule has 2 aromatic heterocycles. The van der Waals surface area contributed by atoms with Gasteiger partial charge in [-0.25, -0.2) is 0 Å². The summed E-state index contributed by atoms with van der Waals surface area (Å²) in [6.45, 7) is 3.95. The Bertz CT molecular complexity index is 608. The molecule has 0 aliphatic carbocycles. The molecule has 0 saturated heterocycles. The van der Waals surface area contributed by atoms with Crippen LogP contribution in [0.5, 0.6) is 0 Å². The van der Waals surface area contributed by atoms with Crippen LogP contribution < -0.4 is 5.32 Å². The molecule has 0 atom stereocenters. The highest BCUT2D eigenvalue weighted by molar-refractivity contribution is 6.34. The number of aromatic nitrogens is 2. The van der Waals surface area contributed by atoms with Gasteiger partial charge >= 0.3 is 0 Å². The Morgan fingerprint density at radius 2 is 2.16 bits per heavy atom. The fraction of sp³-hybridized carbons (Fsp3) is 0.231. The second kappa shape index (κ2) is 5.63. The van der Waals surface area contributed by atoms with Crippen molar-refractivity contribution in [3.63, 3.8) is 0 Å². The van der Waals surface area contributed by atoms with Gasteiger partial charge in [0, 0.05) is 18.4 Å². The lowest BCUT2D eigenvalue weighted by atomic mass is 10.3. The van der Waals surface area contributed by atoms with Gasteiger partial charge in [-0.15, -0.1) is 0 Å². The van der Waals surface area contributed by atoms with Crippen molar-refractivity contribution >= 4 is 34.8 Å². The van der Waals surface area contributed by atoms with Gasteiger partial charge < -0.3 is 9.88 Å². The van der Waals surface area contributed by atoms with E-state index in [-0.39, 0.29) is 11.9 Å². The Hall–Kier alpha value is -1.52. The lowest BCUT2D eigenvalue weighted by Crippen LogP contribution is -2.18. The van der Waals surface area contributed by atoms with E-state index < -0.39 is 0 Å². The fourth-order valence-electron chi connectivity index (χ4n) is 1.71. The number of anilines is 1. The molecule has 2 rings (SSSR count). The summed E-state index contributed by atoms with van der Waals surface area (Å²) in [5.74, 6) is -0.268. The molecule has 0 radical (unpaired) electrons. The third-order valence-corrected chi connectivity index (χ3v) is 3.16. The molecule has 0 aliphatic rings. The first kappa shape index (κ1) is 13.9. The second-order valence-electron chi connectivity index (χ2n) is 4.35. The Morgan fingerprint density at radius 3 is 2.79 bits per heavy atom. The summed E-state index contributed by atoms with van der Waals surface area (Å²) >= 11 is 11.9. The van der Waals surface area contributed by atoms with Crippen LogP contribution in [0.4, 0.5) is 5.69 Å². The molecule has 0 aromatic carbocycles. The van der Waals surface area contributed by atoms with Gasteiger partial charge in [-0.1, -0.05) is 23.2 Å². The van der Waals surface area contributed by atoms with Gasteiger partial charge in [0.15, 0.2) is 0 Å². The topological polar surface area (TPSA) is 46.9 Å². The number of amides is 1. The van der Waals surface area contributed by atoms with Crippen LogP contribution in [0.25, 0.3) is 0 Å². The summed E-state index contributed by atoms with van der Waals surface area (Å²) < 4.78 is 1.81. The average Bonchev–Trinajstić information content (AvgIpc) is 2.74. The third kappa shape index (κ3) is 3.08. The zero-order chi connectivity index (χ0) is 14.0. The number of nitrogens with zero attached hydrogens (tertiary/aromatic N) is 2. The predicted octanol–water partition coefficient (Wildman–Crippen LogP) is 4.02. The molecular weight excluding hydrogens is 285 g/mol. The molecular formula is C13H13Cl2N3O. The van der Waals surface area contributed by atoms with E-state index in [0.717, 1.165) is 0 Å². The van der Waals surface area contributed by atoms with Crippen molar-refractivity contribution < 1.29 is 4.79 Å². The molecule has 0 spiro atoms. The maximum absolute atomic E-state index is 12.2. The monoisotopic (exact) mass is 297 g/mol. The molecule has 1 N–H and O–H groups in total. The first-order valence-electron chi connectivity index (χ1n) is 5.77. The lowest BCUT2D eigenvalue weighted by Gasteiger charge is -2.13. The Labute approximate surface area is 121 Å². The molecule has 4 nitrogen and oxygen atoms in total. The van der Waals surface area contributed by atoms with Crippen LogP contribution in [0.15, 0.2) is 30.7 Å². The van der Waals surface area contributed by atoms with E-state index in [4.69, 9.17) is 23.2 Å². The normalized spacial score (nSPS) is 10.8. The molecule has 0 saturated carbocycles. The van der Waals surface area contributed by atoms with Gasteiger partial charge in [-0.2, -0.15) is 0 Å². The standard InChI is InChI=1S/C13H13Cl2N3O/c1-8(2)18-7-9(14)5-12(18)13(19)17-11-6-16-4-3-10(11)15/h3-8H,1-2H3,(H,17,19). The lowest BCUT2D eigenvalue weighted by molar-refractivity contribution is 0.101. The zero-order valence-corrected chi connectivity index (χ0v) is 12.0. The van der Waals surface area contributed by atoms with E-state index >= 15 is 0 Å². The van der Waals surface area contributed by atoms with Gasteiger partial charge in [0.25, 0.3) is 5.91 Å². The first-order valence-corrected chi connectivity index (χ1v) is 6.53. The van der Waals surface area contributed by atoms with E-state index in [2.05, 4.69) is 10.3 Å². The largest absolute Gasteiger partial charge is 0.339 e. The fourth-order valence-corrected chi connectivity index (χ4v) is 2.07. The number of hydrogen-bond acceptors (Lipinski definition) is 2. The Balaban J connectivity index is 2.28. The molecule has 2 heterocycles. The highest BCUT2D eigenvalue weighted by Crippen LogP contribution is 2.23. The van der Waals surface area contributed by atoms with Gasteiger partial charge in [-0.3, -0.25) is 9.78 Å². The van der Waals surface area contributed by atoms with Crippen LogP contribution in [-0.4, -0.2) is 15.5 Å². The summed E-state index contributed by atoms with van der Waals surface area (Å²) in [5, 5.41) is 3.69. The summed E-state index contributed by atoms with van der Waals surface area (Å²) in [4.78, 5) is 16.2. The Kier molecular flexibility index (Phi) is 4.12. The van der Waals surface area contributed by atoms with Gasteiger partial charge in [0.05, 0.1) is 21.9 Å². The van der Waals surface area contributed by atoms with Crippen molar-refractivity contribution in [2.75, 3.05) is 5.32 Å². The average molecular weight is 298 g/mol. The summed E-state index contributed by atoms with van der Waals surface area (Å²) in [6, 6.07) is 3.38. The molecule has 6 heteroatoms. The molecule has 100 valence electrons. The quantitative estimate of drug-likeness (QED) is 0.930. The summed E-state index contributed by atoms with van der Waals surface area (Å²) in [6.07, 6.45) is 4.79. The smallest absolute Gasteiger partial charge is 0.272 e. The Morgan fingerprint density at radius 1 is 1.42 bits per heavy atom. The number of hydrogen-bond donors (Lipinski definition) is 1. The molecule has 0 fully saturated rings. The van der Waals surface area contributed by atoms with Crippen LogP contribution in [0.1, 0.15) is 30.4 Å². The second-order valence-corrected chi connectivity index (χ2v) is 5.20. The van der Waals surface area contributed by atoms with Crippen LogP contribution in [0.2, 0.25) is 10.0 Å². The van der Waals surface area contributed by atoms with Crippen molar-refractivity contribution in [3.8, 4) is 0 Å². The molecule has 0 aliphatic heterocycles. The highest BCUT2D eigenvalue weighted by atomic mass is 35.5. The number of carbonyl (C=O) groups excluding carboxylic acids is 1. The van der Waals surface area contributed by atoms with Crippen LogP contribution in [0, 0.1) is 0 Å². The van der Waals surface area contributed by atoms with Crippen molar-refractivity contribution in [2.45, 2.75) is 19.9 Å². The summed E-state index contributed by atoms with van der Waals surface area (Å²) in [7, 11) is 0. The number of carbonyl (C=O) groups is 1. The minimum absolute atomic E-state index is 0.137. The van der Waals surface area contributed by atoms with Crippen molar-refractivity contribution in [1.82, 2.24) is 9.55 Å². The number of nitrogens with one attached hydrogen (secondary N) is 1. The van der Waals surface area contributed by atoms with E-state index in [0.29, 0.717) is 21.4 Å². The SMILES string of the molecule is CC(C)n1cc(Cl)cc1C(=O)Nc1cnccc1Cl. The molecule has 0 bridgehead atoms. The maximum atomic E-state index is 12.2. The third-order valence-electron chi connectivity index (χ3n) is 2.62. The minimum Gasteiger partial charge on any atom is -0.339 e. The van der Waals surface area contributed by atoms with Crippen LogP contribution >= 0.6 is 23.2 Å². The summed E-state index contributed by atoms with van der Waals surface area (Å²) in [5.41, 5.74) is 0.960. The maximum Gasteiger partial charge on any atom is 0.272 e. The van der Waals surface area contributed by atoms with Crippen molar-refractivity contribution in [1.29, 1.82) is 0 Å². The van der Waals surface area contributed by atoms with Gasteiger partial charge in [0.1, 0.15) is 5.69 Å². The predicted molar refractivity (Wildman–Crippen MR) is 77.0 cm³/mol.